The van der Waals surface area contributed by atoms with Crippen LogP contribution in [0.3, 0.4) is 0 Å². The van der Waals surface area contributed by atoms with Crippen molar-refractivity contribution >= 4 is 11.8 Å². The van der Waals surface area contributed by atoms with Gasteiger partial charge in [0.2, 0.25) is 0 Å². The normalized spacial score (nSPS) is 28.3. The smallest absolute Gasteiger partial charge is 0.104 e. The van der Waals surface area contributed by atoms with E-state index in [1.165, 1.54) is 44.9 Å². The van der Waals surface area contributed by atoms with Crippen LogP contribution in [0.1, 0.15) is 58.8 Å². The van der Waals surface area contributed by atoms with Crippen LogP contribution in [0.25, 0.3) is 0 Å². The van der Waals surface area contributed by atoms with Crippen molar-refractivity contribution in [1.29, 1.82) is 5.26 Å². The Morgan fingerprint density at radius 3 is 2.40 bits per heavy atom. The highest BCUT2D eigenvalue weighted by Gasteiger charge is 2.56. The first-order valence-electron chi connectivity index (χ1n) is 6.23. The van der Waals surface area contributed by atoms with Gasteiger partial charge in [0.05, 0.1) is 6.07 Å². The van der Waals surface area contributed by atoms with Gasteiger partial charge in [0.25, 0.3) is 0 Å². The zero-order valence-electron chi connectivity index (χ0n) is 9.88. The maximum atomic E-state index is 9.35. The molecule has 1 nitrogen and oxygen atoms in total. The van der Waals surface area contributed by atoms with Crippen molar-refractivity contribution in [2.75, 3.05) is 0 Å². The monoisotopic (exact) mass is 223 g/mol. The Hall–Kier alpha value is -0.160. The second kappa shape index (κ2) is 4.01. The Kier molecular flexibility index (Phi) is 3.03. The molecule has 0 aromatic carbocycles. The van der Waals surface area contributed by atoms with Gasteiger partial charge in [-0.05, 0) is 37.5 Å². The minimum absolute atomic E-state index is 0.0141. The van der Waals surface area contributed by atoms with Crippen LogP contribution in [0.5, 0.6) is 0 Å². The van der Waals surface area contributed by atoms with E-state index >= 15 is 0 Å². The molecule has 2 saturated carbocycles. The van der Waals surface area contributed by atoms with E-state index in [1.807, 2.05) is 11.8 Å². The fourth-order valence-electron chi connectivity index (χ4n) is 3.30. The second-order valence-corrected chi connectivity index (χ2v) is 7.33. The molecule has 0 aromatic heterocycles. The molecular formula is C13H21NS. The topological polar surface area (TPSA) is 23.8 Å². The molecule has 1 atom stereocenters. The third kappa shape index (κ3) is 2.04. The van der Waals surface area contributed by atoms with Gasteiger partial charge in [-0.2, -0.15) is 5.26 Å². The second-order valence-electron chi connectivity index (χ2n) is 5.50. The van der Waals surface area contributed by atoms with Crippen LogP contribution in [0, 0.1) is 16.7 Å². The molecule has 0 aliphatic heterocycles. The van der Waals surface area contributed by atoms with Crippen LogP contribution in [-0.2, 0) is 0 Å². The standard InChI is InChI=1S/C13H21NS/c1-3-11(2)15-13(10-14)8-12(9-13)6-4-5-7-12/h11H,3-9H2,1-2H3. The number of hydrogen-bond acceptors (Lipinski definition) is 2. The summed E-state index contributed by atoms with van der Waals surface area (Å²) in [6.45, 7) is 4.47. The molecule has 2 aliphatic rings. The molecule has 2 rings (SSSR count). The highest BCUT2D eigenvalue weighted by Crippen LogP contribution is 2.63. The van der Waals surface area contributed by atoms with E-state index < -0.39 is 0 Å². The Morgan fingerprint density at radius 2 is 1.93 bits per heavy atom. The van der Waals surface area contributed by atoms with Crippen molar-refractivity contribution in [2.45, 2.75) is 68.8 Å². The van der Waals surface area contributed by atoms with Crippen molar-refractivity contribution in [3.05, 3.63) is 0 Å². The number of thioether (sulfide) groups is 1. The predicted molar refractivity (Wildman–Crippen MR) is 65.8 cm³/mol. The third-order valence-electron chi connectivity index (χ3n) is 4.19. The zero-order valence-corrected chi connectivity index (χ0v) is 10.7. The molecule has 0 aromatic rings. The Balaban J connectivity index is 1.94. The van der Waals surface area contributed by atoms with Gasteiger partial charge in [-0.3, -0.25) is 0 Å². The molecule has 2 heteroatoms. The van der Waals surface area contributed by atoms with Crippen LogP contribution >= 0.6 is 11.8 Å². The molecule has 0 heterocycles. The van der Waals surface area contributed by atoms with Crippen LogP contribution in [-0.4, -0.2) is 10.00 Å². The predicted octanol–water partition coefficient (Wildman–Crippen LogP) is 4.13. The van der Waals surface area contributed by atoms with Gasteiger partial charge in [-0.1, -0.05) is 26.7 Å². The van der Waals surface area contributed by atoms with E-state index in [9.17, 15) is 5.26 Å². The van der Waals surface area contributed by atoms with Gasteiger partial charge in [-0.25, -0.2) is 0 Å². The summed E-state index contributed by atoms with van der Waals surface area (Å²) in [6, 6.07) is 2.59. The summed E-state index contributed by atoms with van der Waals surface area (Å²) in [5, 5.41) is 10.00. The molecule has 15 heavy (non-hydrogen) atoms. The Bertz CT molecular complexity index is 265. The summed E-state index contributed by atoms with van der Waals surface area (Å²) >= 11 is 1.93. The van der Waals surface area contributed by atoms with E-state index in [-0.39, 0.29) is 4.75 Å². The Labute approximate surface area is 97.6 Å². The number of nitrogens with zero attached hydrogens (tertiary/aromatic N) is 1. The molecule has 0 radical (unpaired) electrons. The Morgan fingerprint density at radius 1 is 1.33 bits per heavy atom. The van der Waals surface area contributed by atoms with E-state index in [2.05, 4.69) is 19.9 Å². The number of rotatable bonds is 3. The molecule has 84 valence electrons. The summed E-state index contributed by atoms with van der Waals surface area (Å²) < 4.78 is -0.0141. The van der Waals surface area contributed by atoms with Gasteiger partial charge in [0, 0.05) is 5.25 Å². The van der Waals surface area contributed by atoms with E-state index in [0.717, 1.165) is 0 Å². The van der Waals surface area contributed by atoms with Crippen molar-refractivity contribution in [3.8, 4) is 6.07 Å². The molecule has 2 aliphatic carbocycles. The van der Waals surface area contributed by atoms with Gasteiger partial charge >= 0.3 is 0 Å². The van der Waals surface area contributed by atoms with Gasteiger partial charge in [0.15, 0.2) is 0 Å². The fourth-order valence-corrected chi connectivity index (χ4v) is 5.06. The van der Waals surface area contributed by atoms with Crippen LogP contribution < -0.4 is 0 Å². The highest BCUT2D eigenvalue weighted by atomic mass is 32.2. The van der Waals surface area contributed by atoms with E-state index in [0.29, 0.717) is 10.7 Å². The summed E-state index contributed by atoms with van der Waals surface area (Å²) in [6.07, 6.45) is 9.10. The molecule has 0 bridgehead atoms. The lowest BCUT2D eigenvalue weighted by Gasteiger charge is -2.51. The lowest BCUT2D eigenvalue weighted by molar-refractivity contribution is 0.119. The first-order valence-corrected chi connectivity index (χ1v) is 7.11. The SMILES string of the molecule is CCC(C)SC1(C#N)CC2(CCCC2)C1. The first-order chi connectivity index (χ1) is 7.14. The van der Waals surface area contributed by atoms with Crippen LogP contribution in [0.2, 0.25) is 0 Å². The first kappa shape index (κ1) is 11.3. The van der Waals surface area contributed by atoms with Gasteiger partial charge < -0.3 is 0 Å². The lowest BCUT2D eigenvalue weighted by Crippen LogP contribution is -2.48. The highest BCUT2D eigenvalue weighted by molar-refractivity contribution is 8.01. The maximum absolute atomic E-state index is 9.35. The average molecular weight is 223 g/mol. The third-order valence-corrected chi connectivity index (χ3v) is 5.76. The fraction of sp³-hybridized carbons (Fsp3) is 0.923. The van der Waals surface area contributed by atoms with E-state index in [4.69, 9.17) is 0 Å². The maximum Gasteiger partial charge on any atom is 0.104 e. The minimum Gasteiger partial charge on any atom is -0.197 e. The van der Waals surface area contributed by atoms with Crippen molar-refractivity contribution in [1.82, 2.24) is 0 Å². The summed E-state index contributed by atoms with van der Waals surface area (Å²) in [7, 11) is 0. The van der Waals surface area contributed by atoms with Gasteiger partial charge in [0.1, 0.15) is 4.75 Å². The molecule has 0 N–H and O–H groups in total. The van der Waals surface area contributed by atoms with Crippen molar-refractivity contribution < 1.29 is 0 Å². The number of hydrogen-bond donors (Lipinski definition) is 0. The quantitative estimate of drug-likeness (QED) is 0.718. The zero-order chi connectivity index (χ0) is 10.9. The molecule has 0 saturated heterocycles. The molecule has 1 spiro atoms. The summed E-state index contributed by atoms with van der Waals surface area (Å²) in [4.78, 5) is 0. The van der Waals surface area contributed by atoms with Crippen LogP contribution in [0.15, 0.2) is 0 Å². The summed E-state index contributed by atoms with van der Waals surface area (Å²) in [5.74, 6) is 0. The van der Waals surface area contributed by atoms with E-state index in [1.54, 1.807) is 0 Å². The molecular weight excluding hydrogens is 202 g/mol. The van der Waals surface area contributed by atoms with Crippen molar-refractivity contribution in [2.24, 2.45) is 5.41 Å². The molecule has 1 unspecified atom stereocenters. The summed E-state index contributed by atoms with van der Waals surface area (Å²) in [5.41, 5.74) is 0.593. The number of nitriles is 1. The molecule has 0 amide bonds. The minimum atomic E-state index is -0.0141. The largest absolute Gasteiger partial charge is 0.197 e. The lowest BCUT2D eigenvalue weighted by atomic mass is 9.61. The van der Waals surface area contributed by atoms with Crippen LogP contribution in [0.4, 0.5) is 0 Å². The average Bonchev–Trinajstić information content (AvgIpc) is 2.65. The molecule has 2 fully saturated rings. The van der Waals surface area contributed by atoms with Crippen molar-refractivity contribution in [3.63, 3.8) is 0 Å². The van der Waals surface area contributed by atoms with Gasteiger partial charge in [-0.15, -0.1) is 11.8 Å².